The Bertz CT molecular complexity index is 617. The van der Waals surface area contributed by atoms with Crippen LogP contribution in [0.1, 0.15) is 30.1 Å². The molecule has 2 heterocycles. The topological polar surface area (TPSA) is 51.5 Å². The van der Waals surface area contributed by atoms with Crippen molar-refractivity contribution in [2.45, 2.75) is 38.5 Å². The van der Waals surface area contributed by atoms with Crippen molar-refractivity contribution in [2.24, 2.45) is 0 Å². The molecule has 0 aliphatic carbocycles. The highest BCUT2D eigenvalue weighted by atomic mass is 16.5. The fourth-order valence-corrected chi connectivity index (χ4v) is 2.82. The first-order valence-corrected chi connectivity index (χ1v) is 6.62. The minimum Gasteiger partial charge on any atom is -0.478 e. The average Bonchev–Trinajstić information content (AvgIpc) is 2.97. The number of carboxylic acids is 1. The van der Waals surface area contributed by atoms with E-state index in [1.165, 1.54) is 0 Å². The molecule has 1 fully saturated rings. The van der Waals surface area contributed by atoms with Crippen molar-refractivity contribution in [3.8, 4) is 0 Å². The standard InChI is InChI=1S/C15H17NO3/c1-10-5-6-12(19-10)9-16-8-7-11-3-2-4-13(14(11)16)15(17)18/h2-4,7-8,10,12H,5-6,9H2,1H3,(H,17,18). The van der Waals surface area contributed by atoms with E-state index >= 15 is 0 Å². The third-order valence-electron chi connectivity index (χ3n) is 3.74. The number of aromatic nitrogens is 1. The van der Waals surface area contributed by atoms with Crippen molar-refractivity contribution in [1.82, 2.24) is 4.57 Å². The molecule has 2 atom stereocenters. The second-order valence-electron chi connectivity index (χ2n) is 5.16. The van der Waals surface area contributed by atoms with Gasteiger partial charge in [0.2, 0.25) is 0 Å². The lowest BCUT2D eigenvalue weighted by Crippen LogP contribution is -2.16. The third kappa shape index (κ3) is 2.24. The molecule has 1 aliphatic rings. The summed E-state index contributed by atoms with van der Waals surface area (Å²) in [6.45, 7) is 2.80. The van der Waals surface area contributed by atoms with Crippen molar-refractivity contribution in [3.63, 3.8) is 0 Å². The zero-order valence-corrected chi connectivity index (χ0v) is 10.9. The summed E-state index contributed by atoms with van der Waals surface area (Å²) in [6.07, 6.45) is 4.56. The molecule has 2 aromatic rings. The van der Waals surface area contributed by atoms with Crippen LogP contribution in [0.15, 0.2) is 30.5 Å². The smallest absolute Gasteiger partial charge is 0.337 e. The fourth-order valence-electron chi connectivity index (χ4n) is 2.82. The van der Waals surface area contributed by atoms with Gasteiger partial charge >= 0.3 is 5.97 Å². The molecule has 0 bridgehead atoms. The Balaban J connectivity index is 1.97. The number of rotatable bonds is 3. The van der Waals surface area contributed by atoms with Crippen LogP contribution < -0.4 is 0 Å². The fraction of sp³-hybridized carbons (Fsp3) is 0.400. The molecule has 4 nitrogen and oxygen atoms in total. The van der Waals surface area contributed by atoms with Gasteiger partial charge in [0.15, 0.2) is 0 Å². The van der Waals surface area contributed by atoms with Gasteiger partial charge in [0.05, 0.1) is 23.3 Å². The molecule has 19 heavy (non-hydrogen) atoms. The summed E-state index contributed by atoms with van der Waals surface area (Å²) in [5.41, 5.74) is 1.15. The van der Waals surface area contributed by atoms with Gasteiger partial charge in [-0.15, -0.1) is 0 Å². The number of para-hydroxylation sites is 1. The Labute approximate surface area is 111 Å². The molecular formula is C15H17NO3. The normalized spacial score (nSPS) is 23.0. The van der Waals surface area contributed by atoms with Crippen LogP contribution in [0.4, 0.5) is 0 Å². The molecule has 1 aromatic heterocycles. The first-order valence-electron chi connectivity index (χ1n) is 6.62. The largest absolute Gasteiger partial charge is 0.478 e. The van der Waals surface area contributed by atoms with E-state index in [4.69, 9.17) is 4.74 Å². The molecular weight excluding hydrogens is 242 g/mol. The third-order valence-corrected chi connectivity index (χ3v) is 3.74. The lowest BCUT2D eigenvalue weighted by Gasteiger charge is -2.14. The minimum atomic E-state index is -0.883. The van der Waals surface area contributed by atoms with Gasteiger partial charge in [-0.25, -0.2) is 4.79 Å². The molecule has 0 spiro atoms. The molecule has 1 saturated heterocycles. The first kappa shape index (κ1) is 12.2. The lowest BCUT2D eigenvalue weighted by molar-refractivity contribution is 0.0464. The number of aromatic carboxylic acids is 1. The zero-order valence-electron chi connectivity index (χ0n) is 10.9. The second-order valence-corrected chi connectivity index (χ2v) is 5.16. The predicted octanol–water partition coefficient (Wildman–Crippen LogP) is 2.91. The Kier molecular flexibility index (Phi) is 3.03. The number of benzene rings is 1. The van der Waals surface area contributed by atoms with Crippen LogP contribution >= 0.6 is 0 Å². The predicted molar refractivity (Wildman–Crippen MR) is 72.5 cm³/mol. The maximum Gasteiger partial charge on any atom is 0.337 e. The minimum absolute atomic E-state index is 0.187. The summed E-state index contributed by atoms with van der Waals surface area (Å²) in [5, 5.41) is 10.2. The van der Waals surface area contributed by atoms with E-state index in [0.29, 0.717) is 11.7 Å². The molecule has 2 unspecified atom stereocenters. The Morgan fingerprint density at radius 3 is 2.95 bits per heavy atom. The van der Waals surface area contributed by atoms with Crippen LogP contribution in [-0.2, 0) is 11.3 Å². The SMILES string of the molecule is CC1CCC(Cn2ccc3cccc(C(=O)O)c32)O1. The monoisotopic (exact) mass is 259 g/mol. The molecule has 1 aromatic carbocycles. The molecule has 1 aliphatic heterocycles. The lowest BCUT2D eigenvalue weighted by atomic mass is 10.1. The molecule has 3 rings (SSSR count). The van der Waals surface area contributed by atoms with Crippen molar-refractivity contribution in [1.29, 1.82) is 0 Å². The van der Waals surface area contributed by atoms with Gasteiger partial charge in [0.25, 0.3) is 0 Å². The zero-order chi connectivity index (χ0) is 13.4. The van der Waals surface area contributed by atoms with E-state index in [2.05, 4.69) is 6.92 Å². The van der Waals surface area contributed by atoms with Gasteiger partial charge in [-0.2, -0.15) is 0 Å². The van der Waals surface area contributed by atoms with Crippen molar-refractivity contribution >= 4 is 16.9 Å². The molecule has 0 saturated carbocycles. The summed E-state index contributed by atoms with van der Waals surface area (Å²) in [6, 6.07) is 7.33. The van der Waals surface area contributed by atoms with Gasteiger partial charge in [-0.3, -0.25) is 0 Å². The molecule has 0 amide bonds. The Morgan fingerprint density at radius 2 is 2.26 bits per heavy atom. The van der Waals surface area contributed by atoms with Crippen LogP contribution in [0.25, 0.3) is 10.9 Å². The molecule has 0 radical (unpaired) electrons. The van der Waals surface area contributed by atoms with E-state index in [9.17, 15) is 9.90 Å². The van der Waals surface area contributed by atoms with Crippen LogP contribution in [0, 0.1) is 0 Å². The van der Waals surface area contributed by atoms with Gasteiger partial charge in [-0.05, 0) is 31.9 Å². The first-order chi connectivity index (χ1) is 9.15. The highest BCUT2D eigenvalue weighted by molar-refractivity contribution is 6.02. The van der Waals surface area contributed by atoms with Gasteiger partial charge in [0.1, 0.15) is 0 Å². The quantitative estimate of drug-likeness (QED) is 0.922. The summed E-state index contributed by atoms with van der Waals surface area (Å²) >= 11 is 0. The highest BCUT2D eigenvalue weighted by Gasteiger charge is 2.23. The van der Waals surface area contributed by atoms with Crippen LogP contribution in [0.2, 0.25) is 0 Å². The van der Waals surface area contributed by atoms with Crippen molar-refractivity contribution < 1.29 is 14.6 Å². The molecule has 4 heteroatoms. The molecule has 100 valence electrons. The maximum atomic E-state index is 11.3. The van der Waals surface area contributed by atoms with Gasteiger partial charge < -0.3 is 14.4 Å². The second kappa shape index (κ2) is 4.70. The van der Waals surface area contributed by atoms with E-state index in [1.807, 2.05) is 22.9 Å². The summed E-state index contributed by atoms with van der Waals surface area (Å²) in [5.74, 6) is -0.883. The highest BCUT2D eigenvalue weighted by Crippen LogP contribution is 2.25. The number of fused-ring (bicyclic) bond motifs is 1. The number of hydrogen-bond acceptors (Lipinski definition) is 2. The summed E-state index contributed by atoms with van der Waals surface area (Å²) in [7, 11) is 0. The van der Waals surface area contributed by atoms with Crippen LogP contribution in [0.3, 0.4) is 0 Å². The number of carbonyl (C=O) groups is 1. The van der Waals surface area contributed by atoms with Crippen LogP contribution in [0.5, 0.6) is 0 Å². The van der Waals surface area contributed by atoms with E-state index in [-0.39, 0.29) is 6.10 Å². The summed E-state index contributed by atoms with van der Waals surface area (Å²) < 4.78 is 7.82. The Hall–Kier alpha value is -1.81. The van der Waals surface area contributed by atoms with Crippen molar-refractivity contribution in [3.05, 3.63) is 36.0 Å². The van der Waals surface area contributed by atoms with Gasteiger partial charge in [-0.1, -0.05) is 12.1 Å². The number of ether oxygens (including phenoxy) is 1. The van der Waals surface area contributed by atoms with E-state index in [0.717, 1.165) is 30.3 Å². The maximum absolute atomic E-state index is 11.3. The van der Waals surface area contributed by atoms with E-state index in [1.54, 1.807) is 12.1 Å². The Morgan fingerprint density at radius 1 is 1.42 bits per heavy atom. The van der Waals surface area contributed by atoms with Gasteiger partial charge in [0, 0.05) is 18.1 Å². The molecule has 1 N–H and O–H groups in total. The average molecular weight is 259 g/mol. The number of carboxylic acid groups (broad SMARTS) is 1. The van der Waals surface area contributed by atoms with Crippen LogP contribution in [-0.4, -0.2) is 27.9 Å². The number of hydrogen-bond donors (Lipinski definition) is 1. The summed E-state index contributed by atoms with van der Waals surface area (Å²) in [4.78, 5) is 11.3. The van der Waals surface area contributed by atoms with Crippen molar-refractivity contribution in [2.75, 3.05) is 0 Å². The number of nitrogens with zero attached hydrogens (tertiary/aromatic N) is 1. The van der Waals surface area contributed by atoms with E-state index < -0.39 is 5.97 Å².